The van der Waals surface area contributed by atoms with Crippen LogP contribution in [0.1, 0.15) is 80.4 Å². The SMILES string of the molecule is CO[C@H]1CCC[C@@H](OC)C1n1c(CS(=O)(=O)[C@@H](C)[C@H](C)c2ncc(C)cn2)nnc1[C@H]1CCOC1. The van der Waals surface area contributed by atoms with Crippen LogP contribution in [0.2, 0.25) is 0 Å². The predicted molar refractivity (Wildman–Crippen MR) is 130 cm³/mol. The summed E-state index contributed by atoms with van der Waals surface area (Å²) in [6.07, 6.45) is 6.72. The Balaban J connectivity index is 1.69. The highest BCUT2D eigenvalue weighted by molar-refractivity contribution is 7.91. The molecule has 0 spiro atoms. The minimum Gasteiger partial charge on any atom is -0.381 e. The minimum absolute atomic E-state index is 0.0631. The molecular weight excluding hydrogens is 470 g/mol. The zero-order valence-corrected chi connectivity index (χ0v) is 22.1. The molecule has 1 aliphatic carbocycles. The van der Waals surface area contributed by atoms with E-state index in [1.807, 2.05) is 18.4 Å². The van der Waals surface area contributed by atoms with Gasteiger partial charge in [-0.25, -0.2) is 18.4 Å². The molecule has 10 nitrogen and oxygen atoms in total. The van der Waals surface area contributed by atoms with E-state index in [2.05, 4.69) is 20.2 Å². The maximum absolute atomic E-state index is 13.6. The summed E-state index contributed by atoms with van der Waals surface area (Å²) >= 11 is 0. The van der Waals surface area contributed by atoms with Crippen molar-refractivity contribution in [2.24, 2.45) is 0 Å². The van der Waals surface area contributed by atoms with Crippen molar-refractivity contribution in [2.45, 2.75) is 87.5 Å². The predicted octanol–water partition coefficient (Wildman–Crippen LogP) is 2.74. The van der Waals surface area contributed by atoms with Gasteiger partial charge in [0.1, 0.15) is 23.2 Å². The van der Waals surface area contributed by atoms with Crippen molar-refractivity contribution in [1.82, 2.24) is 24.7 Å². The molecule has 2 aromatic rings. The van der Waals surface area contributed by atoms with Gasteiger partial charge in [-0.3, -0.25) is 0 Å². The first-order chi connectivity index (χ1) is 16.8. The molecule has 0 N–H and O–H groups in total. The number of sulfone groups is 1. The molecule has 1 aliphatic heterocycles. The second kappa shape index (κ2) is 11.0. The summed E-state index contributed by atoms with van der Waals surface area (Å²) in [5, 5.41) is 8.22. The van der Waals surface area contributed by atoms with Gasteiger partial charge in [-0.15, -0.1) is 10.2 Å². The summed E-state index contributed by atoms with van der Waals surface area (Å²) in [4.78, 5) is 8.71. The number of hydrogen-bond donors (Lipinski definition) is 0. The minimum atomic E-state index is -3.61. The van der Waals surface area contributed by atoms with E-state index in [1.54, 1.807) is 33.5 Å². The maximum atomic E-state index is 13.6. The van der Waals surface area contributed by atoms with E-state index >= 15 is 0 Å². The quantitative estimate of drug-likeness (QED) is 0.505. The number of nitrogens with zero attached hydrogens (tertiary/aromatic N) is 5. The molecule has 1 saturated carbocycles. The first-order valence-corrected chi connectivity index (χ1v) is 14.1. The van der Waals surface area contributed by atoms with E-state index in [4.69, 9.17) is 14.2 Å². The molecule has 1 saturated heterocycles. The third-order valence-electron chi connectivity index (χ3n) is 7.54. The number of methoxy groups -OCH3 is 2. The van der Waals surface area contributed by atoms with Crippen LogP contribution in [0, 0.1) is 6.92 Å². The highest BCUT2D eigenvalue weighted by Gasteiger charge is 2.41. The average molecular weight is 508 g/mol. The van der Waals surface area contributed by atoms with E-state index in [0.717, 1.165) is 37.1 Å². The highest BCUT2D eigenvalue weighted by Crippen LogP contribution is 2.37. The van der Waals surface area contributed by atoms with Gasteiger partial charge >= 0.3 is 0 Å². The number of hydrogen-bond acceptors (Lipinski definition) is 9. The largest absolute Gasteiger partial charge is 0.381 e. The summed E-state index contributed by atoms with van der Waals surface area (Å²) in [7, 11) is -0.218. The average Bonchev–Trinajstić information content (AvgIpc) is 3.52. The third kappa shape index (κ3) is 5.42. The Morgan fingerprint density at radius 3 is 2.31 bits per heavy atom. The second-order valence-corrected chi connectivity index (χ2v) is 12.2. The van der Waals surface area contributed by atoms with E-state index in [0.29, 0.717) is 24.9 Å². The fourth-order valence-electron chi connectivity index (χ4n) is 5.20. The Labute approximate surface area is 207 Å². The zero-order chi connectivity index (χ0) is 25.2. The van der Waals surface area contributed by atoms with Gasteiger partial charge < -0.3 is 18.8 Å². The van der Waals surface area contributed by atoms with Gasteiger partial charge in [-0.2, -0.15) is 0 Å². The van der Waals surface area contributed by atoms with E-state index in [-0.39, 0.29) is 35.8 Å². The van der Waals surface area contributed by atoms with Crippen molar-refractivity contribution in [3.8, 4) is 0 Å². The van der Waals surface area contributed by atoms with Gasteiger partial charge in [0.25, 0.3) is 0 Å². The monoisotopic (exact) mass is 507 g/mol. The van der Waals surface area contributed by atoms with Gasteiger partial charge in [0.2, 0.25) is 0 Å². The van der Waals surface area contributed by atoms with Gasteiger partial charge in [0.15, 0.2) is 9.84 Å². The van der Waals surface area contributed by atoms with Crippen molar-refractivity contribution in [3.05, 3.63) is 35.4 Å². The van der Waals surface area contributed by atoms with Crippen molar-refractivity contribution < 1.29 is 22.6 Å². The summed E-state index contributed by atoms with van der Waals surface area (Å²) in [6, 6.07) is -0.206. The third-order valence-corrected chi connectivity index (χ3v) is 9.74. The highest BCUT2D eigenvalue weighted by atomic mass is 32.2. The zero-order valence-electron chi connectivity index (χ0n) is 21.3. The van der Waals surface area contributed by atoms with Crippen LogP contribution in [0.4, 0.5) is 0 Å². The number of rotatable bonds is 9. The van der Waals surface area contributed by atoms with E-state index in [1.165, 1.54) is 0 Å². The Bertz CT molecular complexity index is 1070. The fraction of sp³-hybridized carbons (Fsp3) is 0.750. The van der Waals surface area contributed by atoms with Gasteiger partial charge in [0, 0.05) is 45.1 Å². The van der Waals surface area contributed by atoms with Crippen LogP contribution < -0.4 is 0 Å². The fourth-order valence-corrected chi connectivity index (χ4v) is 6.76. The normalized spacial score (nSPS) is 27.1. The van der Waals surface area contributed by atoms with Crippen molar-refractivity contribution >= 4 is 9.84 Å². The molecule has 1 unspecified atom stereocenters. The smallest absolute Gasteiger partial charge is 0.160 e. The molecule has 2 fully saturated rings. The summed E-state index contributed by atoms with van der Waals surface area (Å²) in [5.74, 6) is 1.16. The van der Waals surface area contributed by atoms with Crippen molar-refractivity contribution in [3.63, 3.8) is 0 Å². The second-order valence-electron chi connectivity index (χ2n) is 9.79. The molecule has 4 rings (SSSR count). The lowest BCUT2D eigenvalue weighted by Crippen LogP contribution is -2.42. The topological polar surface area (TPSA) is 118 Å². The number of aromatic nitrogens is 5. The molecule has 0 radical (unpaired) electrons. The lowest BCUT2D eigenvalue weighted by Gasteiger charge is -2.39. The Morgan fingerprint density at radius 1 is 1.09 bits per heavy atom. The summed E-state index contributed by atoms with van der Waals surface area (Å²) in [5.41, 5.74) is 0.931. The Morgan fingerprint density at radius 2 is 1.74 bits per heavy atom. The molecule has 2 aromatic heterocycles. The molecular formula is C24H37N5O5S. The number of aryl methyl sites for hydroxylation is 1. The molecule has 2 aliphatic rings. The standard InChI is InChI=1S/C24H37N5O5S/c1-15-11-25-23(26-12-15)16(2)17(3)35(30,31)14-21-27-28-24(18-9-10-34-13-18)29(21)22-19(32-4)7-6-8-20(22)33-5/h11-12,16-20,22H,6-10,13-14H2,1-5H3/t16-,17-,18-,19-,20+,22?/m0/s1. The van der Waals surface area contributed by atoms with Gasteiger partial charge in [-0.1, -0.05) is 6.92 Å². The first-order valence-electron chi connectivity index (χ1n) is 12.3. The van der Waals surface area contributed by atoms with Crippen LogP contribution in [0.15, 0.2) is 12.4 Å². The van der Waals surface area contributed by atoms with Crippen molar-refractivity contribution in [2.75, 3.05) is 27.4 Å². The summed E-state index contributed by atoms with van der Waals surface area (Å²) < 4.78 is 46.6. The Kier molecular flexibility index (Phi) is 8.19. The van der Waals surface area contributed by atoms with Gasteiger partial charge in [0.05, 0.1) is 30.1 Å². The number of ether oxygens (including phenoxy) is 3. The lowest BCUT2D eigenvalue weighted by molar-refractivity contribution is -0.0578. The van der Waals surface area contributed by atoms with E-state index in [9.17, 15) is 8.42 Å². The van der Waals surface area contributed by atoms with E-state index < -0.39 is 15.1 Å². The molecule has 194 valence electrons. The molecule has 3 heterocycles. The van der Waals surface area contributed by atoms with Crippen LogP contribution in [0.3, 0.4) is 0 Å². The molecule has 6 atom stereocenters. The first kappa shape index (κ1) is 26.1. The molecule has 11 heteroatoms. The lowest BCUT2D eigenvalue weighted by atomic mass is 9.88. The van der Waals surface area contributed by atoms with Crippen LogP contribution in [-0.4, -0.2) is 78.0 Å². The van der Waals surface area contributed by atoms with Gasteiger partial charge in [-0.05, 0) is 45.1 Å². The maximum Gasteiger partial charge on any atom is 0.160 e. The molecule has 35 heavy (non-hydrogen) atoms. The Hall–Kier alpha value is -1.95. The summed E-state index contributed by atoms with van der Waals surface area (Å²) in [6.45, 7) is 6.67. The molecule has 0 aromatic carbocycles. The molecule has 0 amide bonds. The van der Waals surface area contributed by atoms with Crippen LogP contribution in [-0.2, 0) is 29.8 Å². The van der Waals surface area contributed by atoms with Crippen molar-refractivity contribution in [1.29, 1.82) is 0 Å². The van der Waals surface area contributed by atoms with Crippen LogP contribution in [0.25, 0.3) is 0 Å². The van der Waals surface area contributed by atoms with Crippen LogP contribution >= 0.6 is 0 Å². The van der Waals surface area contributed by atoms with Crippen LogP contribution in [0.5, 0.6) is 0 Å². The molecule has 0 bridgehead atoms.